The quantitative estimate of drug-likeness (QED) is 0.627. The topological polar surface area (TPSA) is 100 Å². The summed E-state index contributed by atoms with van der Waals surface area (Å²) >= 11 is 0. The summed E-state index contributed by atoms with van der Waals surface area (Å²) in [5, 5.41) is 3.22. The summed E-state index contributed by atoms with van der Waals surface area (Å²) in [5.41, 5.74) is 1.80. The molecule has 0 radical (unpaired) electrons. The number of halogens is 1. The average molecular weight is 543 g/mol. The van der Waals surface area contributed by atoms with Gasteiger partial charge in [0.15, 0.2) is 0 Å². The van der Waals surface area contributed by atoms with Gasteiger partial charge in [-0.25, -0.2) is 19.0 Å². The second kappa shape index (κ2) is 10.7. The molecular formula is C28H39FN6O4. The van der Waals surface area contributed by atoms with Crippen LogP contribution in [0.5, 0.6) is 0 Å². The molecule has 212 valence electrons. The maximum atomic E-state index is 15.6. The number of pyridine rings is 1. The van der Waals surface area contributed by atoms with Crippen LogP contribution in [0.25, 0.3) is 11.0 Å². The Morgan fingerprint density at radius 1 is 1.15 bits per heavy atom. The molecule has 3 fully saturated rings. The van der Waals surface area contributed by atoms with E-state index >= 15 is 4.39 Å². The first-order valence-electron chi connectivity index (χ1n) is 13.9. The number of imide groups is 1. The Morgan fingerprint density at radius 3 is 2.56 bits per heavy atom. The fourth-order valence-corrected chi connectivity index (χ4v) is 5.92. The van der Waals surface area contributed by atoms with Gasteiger partial charge in [0, 0.05) is 57.3 Å². The van der Waals surface area contributed by atoms with Crippen molar-refractivity contribution in [2.75, 3.05) is 44.2 Å². The van der Waals surface area contributed by atoms with Crippen LogP contribution in [0, 0.1) is 12.8 Å². The SMILES string of the molecule is Cc1cn([C@H]2CCN(CC3CCN(C(=O)OC(C)(C)C)CC3)C[C@@H]2F)c2ncc(N3CCC(=O)NC3=O)cc12. The number of aryl methyl sites for hydroxylation is 1. The Hall–Kier alpha value is -3.21. The molecule has 0 spiro atoms. The number of carbonyl (C=O) groups excluding carboxylic acids is 3. The number of hydrogen-bond donors (Lipinski definition) is 1. The maximum absolute atomic E-state index is 15.6. The highest BCUT2D eigenvalue weighted by molar-refractivity contribution is 6.06. The van der Waals surface area contributed by atoms with E-state index in [9.17, 15) is 14.4 Å². The first kappa shape index (κ1) is 27.4. The van der Waals surface area contributed by atoms with Crippen LogP contribution in [-0.2, 0) is 9.53 Å². The summed E-state index contributed by atoms with van der Waals surface area (Å²) in [5.74, 6) is 0.156. The van der Waals surface area contributed by atoms with Crippen LogP contribution in [0.1, 0.15) is 58.1 Å². The Labute approximate surface area is 228 Å². The van der Waals surface area contributed by atoms with Crippen molar-refractivity contribution in [3.05, 3.63) is 24.0 Å². The van der Waals surface area contributed by atoms with Gasteiger partial charge >= 0.3 is 12.1 Å². The standard InChI is InChI=1S/C28H39FN6O4/c1-18-15-35(25-21(18)13-20(14-30-25)34-12-8-24(36)31-26(34)37)23-7-9-32(17-22(23)29)16-19-5-10-33(11-6-19)27(38)39-28(2,3)4/h13-15,19,22-23H,5-12,16-17H2,1-4H3,(H,31,36,37)/t22-,23-/m0/s1. The van der Waals surface area contributed by atoms with E-state index in [1.54, 1.807) is 11.1 Å². The minimum absolute atomic E-state index is 0.245. The van der Waals surface area contributed by atoms with E-state index in [2.05, 4.69) is 15.2 Å². The normalized spacial score (nSPS) is 23.8. The van der Waals surface area contributed by atoms with Gasteiger partial charge in [-0.15, -0.1) is 0 Å². The number of carbonyl (C=O) groups is 3. The van der Waals surface area contributed by atoms with Crippen molar-refractivity contribution in [1.82, 2.24) is 24.7 Å². The van der Waals surface area contributed by atoms with E-state index in [1.165, 1.54) is 4.90 Å². The number of amides is 4. The van der Waals surface area contributed by atoms with Gasteiger partial charge in [-0.3, -0.25) is 15.0 Å². The van der Waals surface area contributed by atoms with Crippen LogP contribution in [-0.4, -0.2) is 88.4 Å². The predicted molar refractivity (Wildman–Crippen MR) is 145 cm³/mol. The number of hydrogen-bond acceptors (Lipinski definition) is 6. The second-order valence-electron chi connectivity index (χ2n) is 12.1. The molecule has 0 saturated carbocycles. The molecule has 0 aliphatic carbocycles. The van der Waals surface area contributed by atoms with Crippen molar-refractivity contribution in [1.29, 1.82) is 0 Å². The molecule has 0 bridgehead atoms. The average Bonchev–Trinajstić information content (AvgIpc) is 3.19. The highest BCUT2D eigenvalue weighted by atomic mass is 19.1. The van der Waals surface area contributed by atoms with Crippen molar-refractivity contribution in [3.63, 3.8) is 0 Å². The summed E-state index contributed by atoms with van der Waals surface area (Å²) in [6.45, 7) is 11.3. The molecule has 10 nitrogen and oxygen atoms in total. The number of nitrogens with one attached hydrogen (secondary N) is 1. The number of urea groups is 1. The van der Waals surface area contributed by atoms with E-state index in [0.717, 1.165) is 36.9 Å². The zero-order valence-electron chi connectivity index (χ0n) is 23.3. The maximum Gasteiger partial charge on any atom is 0.410 e. The van der Waals surface area contributed by atoms with Gasteiger partial charge in [0.1, 0.15) is 17.4 Å². The first-order valence-corrected chi connectivity index (χ1v) is 13.9. The number of alkyl halides is 1. The van der Waals surface area contributed by atoms with Crippen molar-refractivity contribution >= 4 is 34.8 Å². The lowest BCUT2D eigenvalue weighted by Crippen LogP contribution is -2.49. The largest absolute Gasteiger partial charge is 0.444 e. The van der Waals surface area contributed by atoms with Gasteiger partial charge in [-0.2, -0.15) is 0 Å². The van der Waals surface area contributed by atoms with Gasteiger partial charge in [0.2, 0.25) is 5.91 Å². The molecule has 5 heterocycles. The summed E-state index contributed by atoms with van der Waals surface area (Å²) in [7, 11) is 0. The molecule has 0 unspecified atom stereocenters. The van der Waals surface area contributed by atoms with Gasteiger partial charge < -0.3 is 19.1 Å². The summed E-state index contributed by atoms with van der Waals surface area (Å²) in [6, 6.07) is 1.15. The number of anilines is 1. The van der Waals surface area contributed by atoms with Crippen LogP contribution in [0.2, 0.25) is 0 Å². The van der Waals surface area contributed by atoms with E-state index in [0.29, 0.717) is 49.9 Å². The molecule has 2 atom stereocenters. The van der Waals surface area contributed by atoms with E-state index in [4.69, 9.17) is 4.74 Å². The van der Waals surface area contributed by atoms with Crippen molar-refractivity contribution in [3.8, 4) is 0 Å². The van der Waals surface area contributed by atoms with Crippen LogP contribution in [0.3, 0.4) is 0 Å². The molecular weight excluding hydrogens is 503 g/mol. The summed E-state index contributed by atoms with van der Waals surface area (Å²) in [6.07, 6.45) is 5.02. The zero-order chi connectivity index (χ0) is 27.9. The number of piperidine rings is 2. The third kappa shape index (κ3) is 6.03. The number of nitrogens with zero attached hydrogens (tertiary/aromatic N) is 5. The van der Waals surface area contributed by atoms with E-state index in [-0.39, 0.29) is 24.5 Å². The van der Waals surface area contributed by atoms with Gasteiger partial charge in [-0.05, 0) is 64.5 Å². The molecule has 1 N–H and O–H groups in total. The van der Waals surface area contributed by atoms with Crippen LogP contribution in [0.4, 0.5) is 19.7 Å². The lowest BCUT2D eigenvalue weighted by atomic mass is 9.94. The molecule has 3 aliphatic heterocycles. The van der Waals surface area contributed by atoms with Crippen LogP contribution >= 0.6 is 0 Å². The van der Waals surface area contributed by atoms with Gasteiger partial charge in [0.05, 0.1) is 17.9 Å². The van der Waals surface area contributed by atoms with Crippen molar-refractivity contribution in [2.45, 2.75) is 71.2 Å². The summed E-state index contributed by atoms with van der Waals surface area (Å²) in [4.78, 5) is 46.3. The molecule has 0 aromatic carbocycles. The lowest BCUT2D eigenvalue weighted by molar-refractivity contribution is -0.120. The Morgan fingerprint density at radius 2 is 1.90 bits per heavy atom. The first-order chi connectivity index (χ1) is 18.5. The Balaban J connectivity index is 1.19. The van der Waals surface area contributed by atoms with Gasteiger partial charge in [0.25, 0.3) is 0 Å². The van der Waals surface area contributed by atoms with Crippen molar-refractivity contribution in [2.24, 2.45) is 5.92 Å². The highest BCUT2D eigenvalue weighted by Gasteiger charge is 2.34. The van der Waals surface area contributed by atoms with E-state index in [1.807, 2.05) is 44.5 Å². The number of likely N-dealkylation sites (tertiary alicyclic amines) is 2. The minimum Gasteiger partial charge on any atom is -0.444 e. The number of ether oxygens (including phenoxy) is 1. The predicted octanol–water partition coefficient (Wildman–Crippen LogP) is 4.02. The molecule has 5 rings (SSSR count). The van der Waals surface area contributed by atoms with Crippen LogP contribution in [0.15, 0.2) is 18.5 Å². The molecule has 4 amide bonds. The monoisotopic (exact) mass is 542 g/mol. The molecule has 2 aromatic heterocycles. The summed E-state index contributed by atoms with van der Waals surface area (Å²) < 4.78 is 23.1. The second-order valence-corrected chi connectivity index (χ2v) is 12.1. The molecule has 3 saturated heterocycles. The van der Waals surface area contributed by atoms with Crippen LogP contribution < -0.4 is 10.2 Å². The number of aromatic nitrogens is 2. The highest BCUT2D eigenvalue weighted by Crippen LogP contribution is 2.33. The Kier molecular flexibility index (Phi) is 7.54. The molecule has 39 heavy (non-hydrogen) atoms. The molecule has 11 heteroatoms. The fraction of sp³-hybridized carbons (Fsp3) is 0.643. The number of fused-ring (bicyclic) bond motifs is 1. The van der Waals surface area contributed by atoms with Gasteiger partial charge in [-0.1, -0.05) is 0 Å². The Bertz CT molecular complexity index is 1250. The smallest absolute Gasteiger partial charge is 0.410 e. The fourth-order valence-electron chi connectivity index (χ4n) is 5.92. The van der Waals surface area contributed by atoms with Crippen molar-refractivity contribution < 1.29 is 23.5 Å². The minimum atomic E-state index is -1.03. The van der Waals surface area contributed by atoms with E-state index < -0.39 is 17.8 Å². The third-order valence-corrected chi connectivity index (χ3v) is 7.95. The third-order valence-electron chi connectivity index (χ3n) is 7.95. The number of rotatable bonds is 4. The lowest BCUT2D eigenvalue weighted by Gasteiger charge is -2.39. The molecule has 2 aromatic rings. The molecule has 3 aliphatic rings. The zero-order valence-corrected chi connectivity index (χ0v) is 23.3.